The van der Waals surface area contributed by atoms with Gasteiger partial charge in [-0.25, -0.2) is 0 Å². The monoisotopic (exact) mass is 399 g/mol. The van der Waals surface area contributed by atoms with Crippen LogP contribution in [-0.4, -0.2) is 34.4 Å². The maximum atomic E-state index is 6.05. The maximum Gasteiger partial charge on any atom is 0.215 e. The van der Waals surface area contributed by atoms with E-state index in [4.69, 9.17) is 50.6 Å². The lowest BCUT2D eigenvalue weighted by Gasteiger charge is -2.15. The van der Waals surface area contributed by atoms with Crippen molar-refractivity contribution in [3.63, 3.8) is 0 Å². The minimum Gasteiger partial charge on any atom is -0.472 e. The van der Waals surface area contributed by atoms with E-state index in [2.05, 4.69) is 20.6 Å². The first-order chi connectivity index (χ1) is 12.0. The molecule has 1 aliphatic heterocycles. The van der Waals surface area contributed by atoms with Gasteiger partial charge in [0.2, 0.25) is 5.88 Å². The van der Waals surface area contributed by atoms with Gasteiger partial charge in [-0.05, 0) is 18.3 Å². The molecule has 7 nitrogen and oxygen atoms in total. The minimum absolute atomic E-state index is 0.00410. The van der Waals surface area contributed by atoms with Crippen molar-refractivity contribution in [3.05, 3.63) is 34.6 Å². The first-order valence-electron chi connectivity index (χ1n) is 7.41. The zero-order valence-electron chi connectivity index (χ0n) is 13.0. The fraction of sp³-hybridized carbons (Fsp3) is 0.267. The normalized spacial score (nSPS) is 16.5. The number of hydrogen-bond acceptors (Lipinski definition) is 6. The SMILES string of the molecule is Nc1nc(OC2CCOC2)ccc1NC(=S)Nc1c(Cl)cncc1Cl. The summed E-state index contributed by atoms with van der Waals surface area (Å²) in [5.41, 5.74) is 6.96. The molecule has 4 N–H and O–H groups in total. The van der Waals surface area contributed by atoms with Crippen molar-refractivity contribution in [2.45, 2.75) is 12.5 Å². The first-order valence-corrected chi connectivity index (χ1v) is 8.57. The molecule has 1 aliphatic rings. The highest BCUT2D eigenvalue weighted by Gasteiger charge is 2.18. The highest BCUT2D eigenvalue weighted by Crippen LogP contribution is 2.29. The molecular weight excluding hydrogens is 385 g/mol. The number of nitrogens with one attached hydrogen (secondary N) is 2. The van der Waals surface area contributed by atoms with Gasteiger partial charge >= 0.3 is 0 Å². The van der Waals surface area contributed by atoms with Crippen LogP contribution in [0.3, 0.4) is 0 Å². The second kappa shape index (κ2) is 8.01. The van der Waals surface area contributed by atoms with Gasteiger partial charge in [0.25, 0.3) is 0 Å². The van der Waals surface area contributed by atoms with Crippen molar-refractivity contribution in [1.82, 2.24) is 9.97 Å². The number of nitrogen functional groups attached to an aromatic ring is 1. The fourth-order valence-electron chi connectivity index (χ4n) is 2.20. The summed E-state index contributed by atoms with van der Waals surface area (Å²) in [6.45, 7) is 1.25. The number of pyridine rings is 2. The summed E-state index contributed by atoms with van der Waals surface area (Å²) in [6.07, 6.45) is 3.77. The molecule has 1 saturated heterocycles. The average Bonchev–Trinajstić information content (AvgIpc) is 3.07. The zero-order valence-corrected chi connectivity index (χ0v) is 15.3. The lowest BCUT2D eigenvalue weighted by atomic mass is 10.3. The third kappa shape index (κ3) is 4.60. The molecular formula is C15H15Cl2N5O2S. The molecule has 0 radical (unpaired) electrons. The van der Waals surface area contributed by atoms with Gasteiger partial charge in [0.15, 0.2) is 10.9 Å². The van der Waals surface area contributed by atoms with Crippen molar-refractivity contribution in [1.29, 1.82) is 0 Å². The molecule has 10 heteroatoms. The molecule has 2 aromatic heterocycles. The quantitative estimate of drug-likeness (QED) is 0.673. The summed E-state index contributed by atoms with van der Waals surface area (Å²) in [7, 11) is 0. The zero-order chi connectivity index (χ0) is 17.8. The third-order valence-corrected chi connectivity index (χ3v) is 4.19. The Balaban J connectivity index is 1.64. The van der Waals surface area contributed by atoms with E-state index < -0.39 is 0 Å². The number of nitrogens with zero attached hydrogens (tertiary/aromatic N) is 2. The van der Waals surface area contributed by atoms with Crippen LogP contribution in [0.4, 0.5) is 17.2 Å². The van der Waals surface area contributed by atoms with Gasteiger partial charge < -0.3 is 25.8 Å². The molecule has 0 saturated carbocycles. The molecule has 0 aliphatic carbocycles. The summed E-state index contributed by atoms with van der Waals surface area (Å²) >= 11 is 17.4. The standard InChI is InChI=1S/C15H15Cl2N5O2S/c16-9-5-19-6-10(17)13(9)22-15(25)20-11-1-2-12(21-14(11)18)24-8-3-4-23-7-8/h1-2,5-6,8H,3-4,7H2,(H2,18,21)(H2,19,20,22,25). The first kappa shape index (κ1) is 17.9. The Morgan fingerprint density at radius 1 is 1.28 bits per heavy atom. The molecule has 1 atom stereocenters. The van der Waals surface area contributed by atoms with Crippen LogP contribution in [0.15, 0.2) is 24.5 Å². The van der Waals surface area contributed by atoms with E-state index in [1.807, 2.05) is 0 Å². The van der Waals surface area contributed by atoms with Crippen LogP contribution in [0, 0.1) is 0 Å². The fourth-order valence-corrected chi connectivity index (χ4v) is 2.87. The molecule has 0 amide bonds. The predicted molar refractivity (Wildman–Crippen MR) is 103 cm³/mol. The van der Waals surface area contributed by atoms with Gasteiger partial charge in [-0.15, -0.1) is 0 Å². The van der Waals surface area contributed by atoms with Gasteiger partial charge in [-0.2, -0.15) is 4.98 Å². The van der Waals surface area contributed by atoms with E-state index in [0.29, 0.717) is 40.5 Å². The highest BCUT2D eigenvalue weighted by molar-refractivity contribution is 7.80. The number of anilines is 3. The molecule has 2 aromatic rings. The Kier molecular flexibility index (Phi) is 5.74. The van der Waals surface area contributed by atoms with E-state index in [0.717, 1.165) is 6.42 Å². The maximum absolute atomic E-state index is 6.05. The van der Waals surface area contributed by atoms with Gasteiger partial charge in [-0.1, -0.05) is 23.2 Å². The van der Waals surface area contributed by atoms with Crippen LogP contribution < -0.4 is 21.1 Å². The second-order valence-electron chi connectivity index (χ2n) is 5.24. The van der Waals surface area contributed by atoms with Crippen molar-refractivity contribution in [2.75, 3.05) is 29.6 Å². The van der Waals surface area contributed by atoms with Crippen molar-refractivity contribution >= 4 is 57.7 Å². The average molecular weight is 400 g/mol. The van der Waals surface area contributed by atoms with Crippen LogP contribution in [0.5, 0.6) is 5.88 Å². The molecule has 1 unspecified atom stereocenters. The molecule has 132 valence electrons. The number of hydrogen-bond donors (Lipinski definition) is 3. The lowest BCUT2D eigenvalue weighted by Crippen LogP contribution is -2.21. The summed E-state index contributed by atoms with van der Waals surface area (Å²) in [6, 6.07) is 3.45. The second-order valence-corrected chi connectivity index (χ2v) is 6.47. The van der Waals surface area contributed by atoms with Gasteiger partial charge in [0.05, 0.1) is 34.6 Å². The van der Waals surface area contributed by atoms with Crippen LogP contribution in [0.1, 0.15) is 6.42 Å². The van der Waals surface area contributed by atoms with Crippen molar-refractivity contribution < 1.29 is 9.47 Å². The number of ether oxygens (including phenoxy) is 2. The highest BCUT2D eigenvalue weighted by atomic mass is 35.5. The van der Waals surface area contributed by atoms with Gasteiger partial charge in [0.1, 0.15) is 6.10 Å². The van der Waals surface area contributed by atoms with Crippen molar-refractivity contribution in [2.24, 2.45) is 0 Å². The number of halogens is 2. The number of thiocarbonyl (C=S) groups is 1. The van der Waals surface area contributed by atoms with E-state index >= 15 is 0 Å². The Morgan fingerprint density at radius 2 is 2.04 bits per heavy atom. The molecule has 0 bridgehead atoms. The Morgan fingerprint density at radius 3 is 2.68 bits per heavy atom. The van der Waals surface area contributed by atoms with Crippen LogP contribution >= 0.6 is 35.4 Å². The van der Waals surface area contributed by atoms with E-state index in [1.54, 1.807) is 12.1 Å². The smallest absolute Gasteiger partial charge is 0.215 e. The molecule has 1 fully saturated rings. The molecule has 25 heavy (non-hydrogen) atoms. The van der Waals surface area contributed by atoms with E-state index in [-0.39, 0.29) is 17.0 Å². The largest absolute Gasteiger partial charge is 0.472 e. The Hall–Kier alpha value is -1.87. The molecule has 0 aromatic carbocycles. The number of nitrogens with two attached hydrogens (primary N) is 1. The van der Waals surface area contributed by atoms with E-state index in [1.165, 1.54) is 12.4 Å². The summed E-state index contributed by atoms with van der Waals surface area (Å²) in [4.78, 5) is 8.10. The predicted octanol–water partition coefficient (Wildman–Crippen LogP) is 3.34. The Labute approximate surface area is 159 Å². The Bertz CT molecular complexity index is 766. The lowest BCUT2D eigenvalue weighted by molar-refractivity contribution is 0.138. The summed E-state index contributed by atoms with van der Waals surface area (Å²) < 4.78 is 11.0. The van der Waals surface area contributed by atoms with Gasteiger partial charge in [0, 0.05) is 24.9 Å². The summed E-state index contributed by atoms with van der Waals surface area (Å²) in [5, 5.41) is 6.83. The molecule has 0 spiro atoms. The van der Waals surface area contributed by atoms with Crippen LogP contribution in [0.25, 0.3) is 0 Å². The van der Waals surface area contributed by atoms with Crippen LogP contribution in [-0.2, 0) is 4.74 Å². The number of aromatic nitrogens is 2. The van der Waals surface area contributed by atoms with Gasteiger partial charge in [-0.3, -0.25) is 4.98 Å². The van der Waals surface area contributed by atoms with Crippen molar-refractivity contribution in [3.8, 4) is 5.88 Å². The van der Waals surface area contributed by atoms with Crippen LogP contribution in [0.2, 0.25) is 10.0 Å². The summed E-state index contributed by atoms with van der Waals surface area (Å²) in [5.74, 6) is 0.699. The minimum atomic E-state index is 0.00410. The third-order valence-electron chi connectivity index (χ3n) is 3.41. The molecule has 3 rings (SSSR count). The van der Waals surface area contributed by atoms with E-state index in [9.17, 15) is 0 Å². The number of rotatable bonds is 4. The topological polar surface area (TPSA) is 94.3 Å². The molecule has 3 heterocycles.